The second-order valence-electron chi connectivity index (χ2n) is 6.11. The molecular formula is C18H21N3O4. The highest BCUT2D eigenvalue weighted by Gasteiger charge is 2.30. The number of fused-ring (bicyclic) bond motifs is 1. The molecule has 1 aliphatic rings. The maximum atomic E-state index is 13.0. The fourth-order valence-electron chi connectivity index (χ4n) is 3.27. The van der Waals surface area contributed by atoms with Gasteiger partial charge in [-0.25, -0.2) is 0 Å². The minimum Gasteiger partial charge on any atom is -0.375 e. The van der Waals surface area contributed by atoms with Crippen LogP contribution in [0.3, 0.4) is 0 Å². The van der Waals surface area contributed by atoms with Crippen LogP contribution in [0, 0.1) is 0 Å². The lowest BCUT2D eigenvalue weighted by atomic mass is 10.1. The number of hydrogen-bond acceptors (Lipinski definition) is 4. The molecule has 1 saturated heterocycles. The average Bonchev–Trinajstić information content (AvgIpc) is 3.09. The Morgan fingerprint density at radius 2 is 2.08 bits per heavy atom. The van der Waals surface area contributed by atoms with E-state index < -0.39 is 0 Å². The van der Waals surface area contributed by atoms with Crippen molar-refractivity contribution in [2.75, 3.05) is 26.8 Å². The predicted molar refractivity (Wildman–Crippen MR) is 93.5 cm³/mol. The molecule has 2 amide bonds. The largest absolute Gasteiger partial charge is 0.375 e. The highest BCUT2D eigenvalue weighted by atomic mass is 16.5. The number of ether oxygens (including phenoxy) is 1. The highest BCUT2D eigenvalue weighted by molar-refractivity contribution is 6.06. The monoisotopic (exact) mass is 343 g/mol. The molecule has 25 heavy (non-hydrogen) atoms. The summed E-state index contributed by atoms with van der Waals surface area (Å²) in [5.41, 5.74) is 0.266. The van der Waals surface area contributed by atoms with Crippen LogP contribution in [0.5, 0.6) is 0 Å². The van der Waals surface area contributed by atoms with Gasteiger partial charge in [0.2, 0.25) is 5.91 Å². The van der Waals surface area contributed by atoms with Crippen molar-refractivity contribution in [1.29, 1.82) is 0 Å². The van der Waals surface area contributed by atoms with E-state index in [9.17, 15) is 14.4 Å². The number of benzene rings is 1. The summed E-state index contributed by atoms with van der Waals surface area (Å²) in [6, 6.07) is 7.01. The highest BCUT2D eigenvalue weighted by Crippen LogP contribution is 2.22. The molecule has 2 heterocycles. The van der Waals surface area contributed by atoms with E-state index in [1.54, 1.807) is 23.1 Å². The molecule has 7 heteroatoms. The predicted octanol–water partition coefficient (Wildman–Crippen LogP) is 0.895. The van der Waals surface area contributed by atoms with E-state index in [0.29, 0.717) is 29.4 Å². The van der Waals surface area contributed by atoms with Gasteiger partial charge in [-0.3, -0.25) is 14.4 Å². The zero-order valence-corrected chi connectivity index (χ0v) is 14.1. The standard InChI is InChI=1S/C18H21N3O4/c1-25-11-16(22)19-9-12-5-4-8-21(12)18(24)15-10-20-17(23)14-7-3-2-6-13(14)15/h2-3,6-7,10,12H,4-5,8-9,11H2,1H3,(H,19,22)(H,20,23). The first kappa shape index (κ1) is 17.2. The fourth-order valence-corrected chi connectivity index (χ4v) is 3.27. The topological polar surface area (TPSA) is 91.5 Å². The molecule has 1 atom stereocenters. The van der Waals surface area contributed by atoms with Crippen LogP contribution < -0.4 is 10.9 Å². The Morgan fingerprint density at radius 3 is 2.84 bits per heavy atom. The Hall–Kier alpha value is -2.67. The van der Waals surface area contributed by atoms with Crippen LogP contribution in [0.2, 0.25) is 0 Å². The summed E-state index contributed by atoms with van der Waals surface area (Å²) in [6.45, 7) is 1.04. The van der Waals surface area contributed by atoms with Crippen molar-refractivity contribution in [1.82, 2.24) is 15.2 Å². The van der Waals surface area contributed by atoms with Gasteiger partial charge in [0.1, 0.15) is 6.61 Å². The summed E-state index contributed by atoms with van der Waals surface area (Å²) in [6.07, 6.45) is 3.20. The van der Waals surface area contributed by atoms with Gasteiger partial charge in [-0.2, -0.15) is 0 Å². The summed E-state index contributed by atoms with van der Waals surface area (Å²) in [5, 5.41) is 3.93. The zero-order chi connectivity index (χ0) is 17.8. The van der Waals surface area contributed by atoms with Gasteiger partial charge >= 0.3 is 0 Å². The molecule has 1 aromatic carbocycles. The number of aromatic nitrogens is 1. The smallest absolute Gasteiger partial charge is 0.256 e. The third-order valence-electron chi connectivity index (χ3n) is 4.49. The van der Waals surface area contributed by atoms with Gasteiger partial charge in [-0.15, -0.1) is 0 Å². The Balaban J connectivity index is 1.82. The lowest BCUT2D eigenvalue weighted by Gasteiger charge is -2.25. The maximum absolute atomic E-state index is 13.0. The van der Waals surface area contributed by atoms with E-state index in [0.717, 1.165) is 12.8 Å². The number of methoxy groups -OCH3 is 1. The molecule has 0 aliphatic carbocycles. The third kappa shape index (κ3) is 3.56. The second kappa shape index (κ2) is 7.48. The molecule has 7 nitrogen and oxygen atoms in total. The molecule has 1 aromatic heterocycles. The van der Waals surface area contributed by atoms with Crippen molar-refractivity contribution in [2.45, 2.75) is 18.9 Å². The summed E-state index contributed by atoms with van der Waals surface area (Å²) in [7, 11) is 1.46. The van der Waals surface area contributed by atoms with Crippen molar-refractivity contribution in [3.05, 3.63) is 46.4 Å². The maximum Gasteiger partial charge on any atom is 0.256 e. The number of rotatable bonds is 5. The number of likely N-dealkylation sites (tertiary alicyclic amines) is 1. The minimum atomic E-state index is -0.211. The van der Waals surface area contributed by atoms with Crippen LogP contribution in [0.1, 0.15) is 23.2 Å². The van der Waals surface area contributed by atoms with Crippen molar-refractivity contribution in [3.8, 4) is 0 Å². The molecule has 1 aliphatic heterocycles. The Kier molecular flexibility index (Phi) is 5.14. The summed E-state index contributed by atoms with van der Waals surface area (Å²) < 4.78 is 4.80. The van der Waals surface area contributed by atoms with Crippen LogP contribution in [-0.2, 0) is 9.53 Å². The summed E-state index contributed by atoms with van der Waals surface area (Å²) >= 11 is 0. The third-order valence-corrected chi connectivity index (χ3v) is 4.49. The number of H-pyrrole nitrogens is 1. The van der Waals surface area contributed by atoms with E-state index in [2.05, 4.69) is 10.3 Å². The Morgan fingerprint density at radius 1 is 1.32 bits per heavy atom. The summed E-state index contributed by atoms with van der Waals surface area (Å²) in [4.78, 5) is 40.9. The molecular weight excluding hydrogens is 322 g/mol. The van der Waals surface area contributed by atoms with E-state index in [1.807, 2.05) is 6.07 Å². The van der Waals surface area contributed by atoms with Gasteiger partial charge in [-0.1, -0.05) is 18.2 Å². The van der Waals surface area contributed by atoms with Gasteiger partial charge in [0, 0.05) is 43.2 Å². The number of nitrogens with zero attached hydrogens (tertiary/aromatic N) is 1. The van der Waals surface area contributed by atoms with E-state index in [-0.39, 0.29) is 30.0 Å². The number of amides is 2. The first-order valence-electron chi connectivity index (χ1n) is 8.29. The molecule has 132 valence electrons. The van der Waals surface area contributed by atoms with Crippen molar-refractivity contribution in [2.24, 2.45) is 0 Å². The van der Waals surface area contributed by atoms with E-state index in [1.165, 1.54) is 13.3 Å². The fraction of sp³-hybridized carbons (Fsp3) is 0.389. The summed E-state index contributed by atoms with van der Waals surface area (Å²) in [5.74, 6) is -0.327. The van der Waals surface area contributed by atoms with E-state index in [4.69, 9.17) is 4.74 Å². The molecule has 1 unspecified atom stereocenters. The van der Waals surface area contributed by atoms with E-state index >= 15 is 0 Å². The van der Waals surface area contributed by atoms with Crippen molar-refractivity contribution < 1.29 is 14.3 Å². The van der Waals surface area contributed by atoms with Gasteiger partial charge in [0.15, 0.2) is 0 Å². The molecule has 0 radical (unpaired) electrons. The van der Waals surface area contributed by atoms with Gasteiger partial charge in [0.05, 0.1) is 5.56 Å². The Bertz CT molecular complexity index is 846. The van der Waals surface area contributed by atoms with Crippen LogP contribution in [-0.4, -0.2) is 54.5 Å². The zero-order valence-electron chi connectivity index (χ0n) is 14.1. The second-order valence-corrected chi connectivity index (χ2v) is 6.11. The average molecular weight is 343 g/mol. The lowest BCUT2D eigenvalue weighted by Crippen LogP contribution is -2.44. The molecule has 1 fully saturated rings. The number of carbonyl (C=O) groups excluding carboxylic acids is 2. The normalized spacial score (nSPS) is 17.0. The minimum absolute atomic E-state index is 0.00518. The molecule has 0 bridgehead atoms. The first-order chi connectivity index (χ1) is 12.1. The molecule has 2 N–H and O–H groups in total. The number of aromatic amines is 1. The molecule has 2 aromatic rings. The Labute approximate surface area is 145 Å². The van der Waals surface area contributed by atoms with Gasteiger partial charge < -0.3 is 19.9 Å². The van der Waals surface area contributed by atoms with Crippen molar-refractivity contribution >= 4 is 22.6 Å². The van der Waals surface area contributed by atoms with Gasteiger partial charge in [0.25, 0.3) is 11.5 Å². The van der Waals surface area contributed by atoms with Crippen LogP contribution in [0.4, 0.5) is 0 Å². The number of pyridine rings is 1. The first-order valence-corrected chi connectivity index (χ1v) is 8.29. The molecule has 0 saturated carbocycles. The molecule has 3 rings (SSSR count). The quantitative estimate of drug-likeness (QED) is 0.844. The number of hydrogen-bond donors (Lipinski definition) is 2. The number of carbonyl (C=O) groups is 2. The van der Waals surface area contributed by atoms with Gasteiger partial charge in [-0.05, 0) is 18.9 Å². The van der Waals surface area contributed by atoms with Crippen molar-refractivity contribution in [3.63, 3.8) is 0 Å². The lowest BCUT2D eigenvalue weighted by molar-refractivity contribution is -0.124. The molecule has 0 spiro atoms. The van der Waals surface area contributed by atoms with Crippen LogP contribution >= 0.6 is 0 Å². The van der Waals surface area contributed by atoms with Crippen LogP contribution in [0.25, 0.3) is 10.8 Å². The number of nitrogens with one attached hydrogen (secondary N) is 2. The van der Waals surface area contributed by atoms with Crippen LogP contribution in [0.15, 0.2) is 35.3 Å². The SMILES string of the molecule is COCC(=O)NCC1CCCN1C(=O)c1c[nH]c(=O)c2ccccc12.